The summed E-state index contributed by atoms with van der Waals surface area (Å²) >= 11 is 0. The molecule has 0 aromatic heterocycles. The summed E-state index contributed by atoms with van der Waals surface area (Å²) in [4.78, 5) is 12.9. The van der Waals surface area contributed by atoms with Crippen LogP contribution in [-0.4, -0.2) is 44.2 Å². The maximum absolute atomic E-state index is 11.3. The second-order valence-electron chi connectivity index (χ2n) is 3.94. The molecule has 84 valence electrons. The van der Waals surface area contributed by atoms with Crippen molar-refractivity contribution in [2.45, 2.75) is 26.3 Å². The molecule has 2 N–H and O–H groups in total. The summed E-state index contributed by atoms with van der Waals surface area (Å²) in [5.41, 5.74) is 5.87. The van der Waals surface area contributed by atoms with Gasteiger partial charge in [-0.3, -0.25) is 4.79 Å². The van der Waals surface area contributed by atoms with Crippen LogP contribution in [0.2, 0.25) is 0 Å². The van der Waals surface area contributed by atoms with E-state index < -0.39 is 0 Å². The standard InChI is InChI=1S/C10H22N2O2/c1-8(2)9(11)5-6-12(3)10(13)7-14-4/h8-9H,5-7,11H2,1-4H3. The van der Waals surface area contributed by atoms with Crippen molar-refractivity contribution in [1.29, 1.82) is 0 Å². The van der Waals surface area contributed by atoms with Gasteiger partial charge in [-0.15, -0.1) is 0 Å². The van der Waals surface area contributed by atoms with Crippen LogP contribution in [0.4, 0.5) is 0 Å². The summed E-state index contributed by atoms with van der Waals surface area (Å²) in [6, 6.07) is 0.160. The summed E-state index contributed by atoms with van der Waals surface area (Å²) in [5, 5.41) is 0. The van der Waals surface area contributed by atoms with Crippen molar-refractivity contribution in [3.63, 3.8) is 0 Å². The number of amides is 1. The zero-order chi connectivity index (χ0) is 11.1. The first-order chi connectivity index (χ1) is 6.49. The Hall–Kier alpha value is -0.610. The first-order valence-electron chi connectivity index (χ1n) is 4.97. The molecule has 4 heteroatoms. The Kier molecular flexibility index (Phi) is 6.49. The fourth-order valence-electron chi connectivity index (χ4n) is 1.03. The third-order valence-electron chi connectivity index (χ3n) is 2.35. The molecule has 1 atom stereocenters. The smallest absolute Gasteiger partial charge is 0.248 e. The van der Waals surface area contributed by atoms with Crippen LogP contribution < -0.4 is 5.73 Å². The molecule has 0 saturated heterocycles. The number of likely N-dealkylation sites (N-methyl/N-ethyl adjacent to an activating group) is 1. The van der Waals surface area contributed by atoms with Crippen LogP contribution in [-0.2, 0) is 9.53 Å². The third kappa shape index (κ3) is 5.19. The van der Waals surface area contributed by atoms with Crippen LogP contribution in [0.25, 0.3) is 0 Å². The largest absolute Gasteiger partial charge is 0.375 e. The number of ether oxygens (including phenoxy) is 1. The van der Waals surface area contributed by atoms with Gasteiger partial charge in [0.05, 0.1) is 0 Å². The predicted octanol–water partition coefficient (Wildman–Crippen LogP) is 0.465. The predicted molar refractivity (Wildman–Crippen MR) is 56.9 cm³/mol. The van der Waals surface area contributed by atoms with Gasteiger partial charge in [0.25, 0.3) is 0 Å². The average Bonchev–Trinajstić information content (AvgIpc) is 2.13. The Labute approximate surface area is 86.4 Å². The van der Waals surface area contributed by atoms with E-state index in [1.54, 1.807) is 11.9 Å². The van der Waals surface area contributed by atoms with E-state index in [1.807, 2.05) is 0 Å². The molecule has 1 amide bonds. The Balaban J connectivity index is 3.72. The van der Waals surface area contributed by atoms with E-state index in [2.05, 4.69) is 13.8 Å². The van der Waals surface area contributed by atoms with Gasteiger partial charge >= 0.3 is 0 Å². The van der Waals surface area contributed by atoms with Gasteiger partial charge in [-0.05, 0) is 12.3 Å². The number of hydrogen-bond donors (Lipinski definition) is 1. The maximum atomic E-state index is 11.3. The minimum absolute atomic E-state index is 0.00320. The number of carbonyl (C=O) groups is 1. The fraction of sp³-hybridized carbons (Fsp3) is 0.900. The molecule has 0 fully saturated rings. The first-order valence-corrected chi connectivity index (χ1v) is 4.97. The molecule has 0 bridgehead atoms. The molecule has 0 spiro atoms. The minimum atomic E-state index is 0.00320. The number of carbonyl (C=O) groups excluding carboxylic acids is 1. The van der Waals surface area contributed by atoms with Crippen LogP contribution >= 0.6 is 0 Å². The van der Waals surface area contributed by atoms with E-state index >= 15 is 0 Å². The molecule has 0 aromatic rings. The van der Waals surface area contributed by atoms with Crippen molar-refractivity contribution < 1.29 is 9.53 Å². The summed E-state index contributed by atoms with van der Waals surface area (Å²) in [6.45, 7) is 5.01. The molecule has 0 aliphatic carbocycles. The van der Waals surface area contributed by atoms with E-state index in [4.69, 9.17) is 10.5 Å². The Morgan fingerprint density at radius 1 is 1.50 bits per heavy atom. The second kappa shape index (κ2) is 6.79. The van der Waals surface area contributed by atoms with Crippen molar-refractivity contribution in [1.82, 2.24) is 4.90 Å². The molecule has 0 aliphatic heterocycles. The lowest BCUT2D eigenvalue weighted by Crippen LogP contribution is -2.36. The van der Waals surface area contributed by atoms with E-state index in [-0.39, 0.29) is 18.6 Å². The van der Waals surface area contributed by atoms with Gasteiger partial charge in [-0.1, -0.05) is 13.8 Å². The van der Waals surface area contributed by atoms with E-state index in [0.717, 1.165) is 6.42 Å². The van der Waals surface area contributed by atoms with Crippen LogP contribution in [0.1, 0.15) is 20.3 Å². The van der Waals surface area contributed by atoms with Gasteiger partial charge in [0.2, 0.25) is 5.91 Å². The van der Waals surface area contributed by atoms with Crippen molar-refractivity contribution in [2.24, 2.45) is 11.7 Å². The van der Waals surface area contributed by atoms with Gasteiger partial charge in [0.1, 0.15) is 6.61 Å². The number of nitrogens with zero attached hydrogens (tertiary/aromatic N) is 1. The number of rotatable bonds is 6. The molecule has 0 saturated carbocycles. The summed E-state index contributed by atoms with van der Waals surface area (Å²) in [6.07, 6.45) is 0.837. The second-order valence-corrected chi connectivity index (χ2v) is 3.94. The van der Waals surface area contributed by atoms with Crippen molar-refractivity contribution in [3.8, 4) is 0 Å². The fourth-order valence-corrected chi connectivity index (χ4v) is 1.03. The first kappa shape index (κ1) is 13.4. The lowest BCUT2D eigenvalue weighted by Gasteiger charge is -2.21. The molecule has 0 rings (SSSR count). The molecule has 0 aromatic carbocycles. The molecule has 0 heterocycles. The van der Waals surface area contributed by atoms with Crippen molar-refractivity contribution in [3.05, 3.63) is 0 Å². The van der Waals surface area contributed by atoms with E-state index in [1.165, 1.54) is 7.11 Å². The van der Waals surface area contributed by atoms with Gasteiger partial charge in [0.15, 0.2) is 0 Å². The molecule has 0 radical (unpaired) electrons. The lowest BCUT2D eigenvalue weighted by atomic mass is 10.0. The monoisotopic (exact) mass is 202 g/mol. The SMILES string of the molecule is COCC(=O)N(C)CCC(N)C(C)C. The molecular weight excluding hydrogens is 180 g/mol. The lowest BCUT2D eigenvalue weighted by molar-refractivity contribution is -0.133. The van der Waals surface area contributed by atoms with Crippen LogP contribution in [0.3, 0.4) is 0 Å². The molecule has 0 aliphatic rings. The topological polar surface area (TPSA) is 55.6 Å². The van der Waals surface area contributed by atoms with Crippen LogP contribution in [0.15, 0.2) is 0 Å². The number of methoxy groups -OCH3 is 1. The molecular formula is C10H22N2O2. The quantitative estimate of drug-likeness (QED) is 0.681. The summed E-state index contributed by atoms with van der Waals surface area (Å²) in [7, 11) is 3.29. The molecule has 4 nitrogen and oxygen atoms in total. The summed E-state index contributed by atoms with van der Waals surface area (Å²) < 4.78 is 4.76. The van der Waals surface area contributed by atoms with Gasteiger partial charge < -0.3 is 15.4 Å². The zero-order valence-electron chi connectivity index (χ0n) is 9.62. The summed E-state index contributed by atoms with van der Waals surface area (Å²) in [5.74, 6) is 0.462. The third-order valence-corrected chi connectivity index (χ3v) is 2.35. The van der Waals surface area contributed by atoms with Gasteiger partial charge in [0, 0.05) is 26.7 Å². The Morgan fingerprint density at radius 2 is 2.07 bits per heavy atom. The van der Waals surface area contributed by atoms with Crippen molar-refractivity contribution >= 4 is 5.91 Å². The van der Waals surface area contributed by atoms with E-state index in [0.29, 0.717) is 12.5 Å². The molecule has 1 unspecified atom stereocenters. The highest BCUT2D eigenvalue weighted by molar-refractivity contribution is 5.77. The van der Waals surface area contributed by atoms with Crippen molar-refractivity contribution in [2.75, 3.05) is 27.3 Å². The maximum Gasteiger partial charge on any atom is 0.248 e. The van der Waals surface area contributed by atoms with E-state index in [9.17, 15) is 4.79 Å². The Morgan fingerprint density at radius 3 is 2.50 bits per heavy atom. The average molecular weight is 202 g/mol. The number of nitrogens with two attached hydrogens (primary N) is 1. The van der Waals surface area contributed by atoms with Crippen LogP contribution in [0, 0.1) is 5.92 Å². The highest BCUT2D eigenvalue weighted by Crippen LogP contribution is 2.03. The Bertz CT molecular complexity index is 172. The van der Waals surface area contributed by atoms with Gasteiger partial charge in [-0.25, -0.2) is 0 Å². The van der Waals surface area contributed by atoms with Crippen LogP contribution in [0.5, 0.6) is 0 Å². The normalized spacial score (nSPS) is 13.0. The number of hydrogen-bond acceptors (Lipinski definition) is 3. The van der Waals surface area contributed by atoms with Gasteiger partial charge in [-0.2, -0.15) is 0 Å². The highest BCUT2D eigenvalue weighted by atomic mass is 16.5. The molecule has 14 heavy (non-hydrogen) atoms. The highest BCUT2D eigenvalue weighted by Gasteiger charge is 2.12. The zero-order valence-corrected chi connectivity index (χ0v) is 9.62. The minimum Gasteiger partial charge on any atom is -0.375 e.